The first-order chi connectivity index (χ1) is 5.04. The Balaban J connectivity index is 3.34. The normalized spacial score (nSPS) is 10.1. The molecule has 1 aromatic rings. The Morgan fingerprint density at radius 1 is 1.55 bits per heavy atom. The first-order valence-corrected chi connectivity index (χ1v) is 3.34. The second-order valence-corrected chi connectivity index (χ2v) is 2.53. The third-order valence-electron chi connectivity index (χ3n) is 1.76. The van der Waals surface area contributed by atoms with Crippen LogP contribution in [0.4, 0.5) is 0 Å². The zero-order valence-electron chi connectivity index (χ0n) is 6.88. The molecule has 2 N–H and O–H groups in total. The SMILES string of the molecule is Cc1nn(C)c(C)c1C(N)=O. The minimum atomic E-state index is -0.409. The van der Waals surface area contributed by atoms with E-state index in [9.17, 15) is 4.79 Å². The van der Waals surface area contributed by atoms with E-state index in [1.807, 2.05) is 6.92 Å². The van der Waals surface area contributed by atoms with Crippen molar-refractivity contribution in [3.8, 4) is 0 Å². The lowest BCUT2D eigenvalue weighted by Crippen LogP contribution is -2.13. The average molecular weight is 153 g/mol. The van der Waals surface area contributed by atoms with Crippen molar-refractivity contribution in [1.29, 1.82) is 0 Å². The van der Waals surface area contributed by atoms with E-state index < -0.39 is 5.91 Å². The third kappa shape index (κ3) is 1.11. The Bertz CT molecular complexity index is 301. The fourth-order valence-corrected chi connectivity index (χ4v) is 1.13. The van der Waals surface area contributed by atoms with Crippen molar-refractivity contribution >= 4 is 5.91 Å². The van der Waals surface area contributed by atoms with Crippen LogP contribution in [-0.4, -0.2) is 15.7 Å². The molecule has 4 nitrogen and oxygen atoms in total. The maximum Gasteiger partial charge on any atom is 0.252 e. The van der Waals surface area contributed by atoms with Crippen LogP contribution >= 0.6 is 0 Å². The maximum atomic E-state index is 10.8. The Morgan fingerprint density at radius 2 is 2.09 bits per heavy atom. The molecule has 0 bridgehead atoms. The van der Waals surface area contributed by atoms with Gasteiger partial charge in [0.15, 0.2) is 0 Å². The van der Waals surface area contributed by atoms with Crippen LogP contribution < -0.4 is 5.73 Å². The first-order valence-electron chi connectivity index (χ1n) is 3.34. The molecule has 0 spiro atoms. The van der Waals surface area contributed by atoms with E-state index in [0.29, 0.717) is 11.3 Å². The zero-order chi connectivity index (χ0) is 8.59. The van der Waals surface area contributed by atoms with E-state index in [1.54, 1.807) is 18.7 Å². The number of hydrogen-bond acceptors (Lipinski definition) is 2. The molecule has 0 aliphatic carbocycles. The summed E-state index contributed by atoms with van der Waals surface area (Å²) in [5, 5.41) is 4.05. The van der Waals surface area contributed by atoms with Crippen LogP contribution in [0.3, 0.4) is 0 Å². The van der Waals surface area contributed by atoms with Crippen molar-refractivity contribution in [2.75, 3.05) is 0 Å². The Kier molecular flexibility index (Phi) is 1.68. The average Bonchev–Trinajstić information content (AvgIpc) is 2.07. The number of nitrogens with zero attached hydrogens (tertiary/aromatic N) is 2. The smallest absolute Gasteiger partial charge is 0.252 e. The molecular formula is C7H11N3O. The van der Waals surface area contributed by atoms with Gasteiger partial charge in [-0.25, -0.2) is 0 Å². The van der Waals surface area contributed by atoms with E-state index >= 15 is 0 Å². The van der Waals surface area contributed by atoms with E-state index in [0.717, 1.165) is 5.69 Å². The number of amides is 1. The maximum absolute atomic E-state index is 10.8. The number of aromatic nitrogens is 2. The van der Waals surface area contributed by atoms with Gasteiger partial charge in [0.25, 0.3) is 5.91 Å². The molecule has 0 fully saturated rings. The molecule has 0 unspecified atom stereocenters. The van der Waals surface area contributed by atoms with Gasteiger partial charge in [-0.1, -0.05) is 0 Å². The van der Waals surface area contributed by atoms with Crippen molar-refractivity contribution < 1.29 is 4.79 Å². The minimum absolute atomic E-state index is 0.409. The van der Waals surface area contributed by atoms with E-state index in [4.69, 9.17) is 5.73 Å². The van der Waals surface area contributed by atoms with Crippen LogP contribution in [-0.2, 0) is 7.05 Å². The molecule has 0 saturated heterocycles. The summed E-state index contributed by atoms with van der Waals surface area (Å²) in [6.45, 7) is 3.59. The lowest BCUT2D eigenvalue weighted by atomic mass is 10.2. The summed E-state index contributed by atoms with van der Waals surface area (Å²) in [4.78, 5) is 10.8. The highest BCUT2D eigenvalue weighted by Crippen LogP contribution is 2.09. The van der Waals surface area contributed by atoms with Crippen molar-refractivity contribution in [3.63, 3.8) is 0 Å². The Hall–Kier alpha value is -1.32. The summed E-state index contributed by atoms with van der Waals surface area (Å²) < 4.78 is 1.65. The highest BCUT2D eigenvalue weighted by Gasteiger charge is 2.13. The number of carbonyl (C=O) groups is 1. The molecule has 0 aliphatic heterocycles. The second-order valence-electron chi connectivity index (χ2n) is 2.53. The fraction of sp³-hybridized carbons (Fsp3) is 0.429. The summed E-state index contributed by atoms with van der Waals surface area (Å²) in [6.07, 6.45) is 0. The lowest BCUT2D eigenvalue weighted by Gasteiger charge is -1.94. The van der Waals surface area contributed by atoms with Gasteiger partial charge in [0.05, 0.1) is 11.3 Å². The van der Waals surface area contributed by atoms with Crippen molar-refractivity contribution in [3.05, 3.63) is 17.0 Å². The topological polar surface area (TPSA) is 60.9 Å². The molecule has 11 heavy (non-hydrogen) atoms. The molecular weight excluding hydrogens is 142 g/mol. The largest absolute Gasteiger partial charge is 0.365 e. The van der Waals surface area contributed by atoms with Crippen molar-refractivity contribution in [2.45, 2.75) is 13.8 Å². The predicted octanol–water partition coefficient (Wildman–Crippen LogP) is 0.136. The second kappa shape index (κ2) is 2.38. The standard InChI is InChI=1S/C7H11N3O/c1-4-6(7(8)11)5(2)10(3)9-4/h1-3H3,(H2,8,11). The van der Waals surface area contributed by atoms with Gasteiger partial charge in [0, 0.05) is 12.7 Å². The molecule has 1 aromatic heterocycles. The van der Waals surface area contributed by atoms with Gasteiger partial charge in [-0.3, -0.25) is 9.48 Å². The summed E-state index contributed by atoms with van der Waals surface area (Å²) in [5.74, 6) is -0.409. The van der Waals surface area contributed by atoms with Gasteiger partial charge >= 0.3 is 0 Å². The molecule has 1 heterocycles. The molecule has 1 amide bonds. The summed E-state index contributed by atoms with van der Waals surface area (Å²) in [5.41, 5.74) is 7.18. The Labute approximate surface area is 65.0 Å². The van der Waals surface area contributed by atoms with Crippen LogP contribution in [0.15, 0.2) is 0 Å². The molecule has 0 aromatic carbocycles. The summed E-state index contributed by atoms with van der Waals surface area (Å²) in [6, 6.07) is 0. The van der Waals surface area contributed by atoms with E-state index in [2.05, 4.69) is 5.10 Å². The van der Waals surface area contributed by atoms with Crippen molar-refractivity contribution in [1.82, 2.24) is 9.78 Å². The minimum Gasteiger partial charge on any atom is -0.365 e. The van der Waals surface area contributed by atoms with Crippen LogP contribution in [0.5, 0.6) is 0 Å². The van der Waals surface area contributed by atoms with Crippen molar-refractivity contribution in [2.24, 2.45) is 12.8 Å². The molecule has 0 radical (unpaired) electrons. The number of hydrogen-bond donors (Lipinski definition) is 1. The lowest BCUT2D eigenvalue weighted by molar-refractivity contribution is 0.0999. The summed E-state index contributed by atoms with van der Waals surface area (Å²) >= 11 is 0. The number of aryl methyl sites for hydroxylation is 2. The quantitative estimate of drug-likeness (QED) is 0.623. The highest BCUT2D eigenvalue weighted by molar-refractivity contribution is 5.94. The molecule has 1 rings (SSSR count). The number of rotatable bonds is 1. The number of carbonyl (C=O) groups excluding carboxylic acids is 1. The monoisotopic (exact) mass is 153 g/mol. The van der Waals surface area contributed by atoms with Gasteiger partial charge in [-0.15, -0.1) is 0 Å². The fourth-order valence-electron chi connectivity index (χ4n) is 1.13. The van der Waals surface area contributed by atoms with Crippen LogP contribution in [0.2, 0.25) is 0 Å². The van der Waals surface area contributed by atoms with Crippen LogP contribution in [0.1, 0.15) is 21.7 Å². The third-order valence-corrected chi connectivity index (χ3v) is 1.76. The van der Waals surface area contributed by atoms with Gasteiger partial charge in [-0.05, 0) is 13.8 Å². The van der Waals surface area contributed by atoms with Crippen LogP contribution in [0, 0.1) is 13.8 Å². The van der Waals surface area contributed by atoms with E-state index in [-0.39, 0.29) is 0 Å². The number of primary amides is 1. The number of nitrogens with two attached hydrogens (primary N) is 1. The van der Waals surface area contributed by atoms with Gasteiger partial charge in [0.2, 0.25) is 0 Å². The van der Waals surface area contributed by atoms with E-state index in [1.165, 1.54) is 0 Å². The van der Waals surface area contributed by atoms with Gasteiger partial charge in [0.1, 0.15) is 0 Å². The predicted molar refractivity (Wildman–Crippen MR) is 41.2 cm³/mol. The molecule has 4 heteroatoms. The first kappa shape index (κ1) is 7.78. The molecule has 60 valence electrons. The highest BCUT2D eigenvalue weighted by atomic mass is 16.1. The zero-order valence-corrected chi connectivity index (χ0v) is 6.88. The van der Waals surface area contributed by atoms with Gasteiger partial charge in [-0.2, -0.15) is 5.10 Å². The molecule has 0 atom stereocenters. The molecule has 0 aliphatic rings. The Morgan fingerprint density at radius 3 is 2.27 bits per heavy atom. The van der Waals surface area contributed by atoms with Gasteiger partial charge < -0.3 is 5.73 Å². The van der Waals surface area contributed by atoms with Crippen LogP contribution in [0.25, 0.3) is 0 Å². The molecule has 0 saturated carbocycles. The summed E-state index contributed by atoms with van der Waals surface area (Å²) in [7, 11) is 1.79.